The number of alkyl halides is 3. The first-order chi connectivity index (χ1) is 49.3. The fourth-order valence-electron chi connectivity index (χ4n) is 12.4. The zero-order chi connectivity index (χ0) is 79.7. The van der Waals surface area contributed by atoms with Crippen molar-refractivity contribution >= 4 is 101 Å². The molecule has 0 radical (unpaired) electrons. The van der Waals surface area contributed by atoms with E-state index in [9.17, 15) is 68.4 Å². The average molecular weight is 1560 g/mol. The van der Waals surface area contributed by atoms with Crippen LogP contribution in [0.25, 0.3) is 22.1 Å². The van der Waals surface area contributed by atoms with Gasteiger partial charge >= 0.3 is 18.4 Å². The maximum absolute atomic E-state index is 14.4. The summed E-state index contributed by atoms with van der Waals surface area (Å²) in [5.41, 5.74) is -7.56. The van der Waals surface area contributed by atoms with Crippen LogP contribution in [0.1, 0.15) is 154 Å². The topological polar surface area (TPSA) is 390 Å². The van der Waals surface area contributed by atoms with Crippen LogP contribution in [-0.2, 0) is 64.5 Å². The van der Waals surface area contributed by atoms with E-state index in [-0.39, 0.29) is 54.3 Å². The molecular weight excluding hydrogens is 1470 g/mol. The van der Waals surface area contributed by atoms with Crippen molar-refractivity contribution in [3.63, 3.8) is 0 Å². The maximum Gasteiger partial charge on any atom is 0.438 e. The van der Waals surface area contributed by atoms with Gasteiger partial charge in [0.05, 0.1) is 58.9 Å². The second-order valence-corrected chi connectivity index (χ2v) is 37.3. The molecule has 586 valence electrons. The van der Waals surface area contributed by atoms with Crippen LogP contribution in [0.4, 0.5) is 22.8 Å². The van der Waals surface area contributed by atoms with Gasteiger partial charge in [-0.05, 0) is 129 Å². The van der Waals surface area contributed by atoms with Gasteiger partial charge in [-0.25, -0.2) is 46.4 Å². The average Bonchev–Trinajstić information content (AvgIpc) is 1.57. The normalized spacial score (nSPS) is 24.1. The highest BCUT2D eigenvalue weighted by Crippen LogP contribution is 2.50. The fraction of sp³-hybridized carbons (Fsp3) is 0.606. The van der Waals surface area contributed by atoms with Crippen molar-refractivity contribution in [1.82, 2.24) is 60.4 Å². The molecule has 4 aliphatic carbocycles. The first kappa shape index (κ1) is 82.2. The van der Waals surface area contributed by atoms with Crippen LogP contribution in [0.2, 0.25) is 5.15 Å². The highest BCUT2D eigenvalue weighted by Gasteiger charge is 2.65. The van der Waals surface area contributed by atoms with Gasteiger partial charge in [-0.3, -0.25) is 38.2 Å². The molecule has 4 aromatic rings. The molecule has 6 fully saturated rings. The molecule has 30 nitrogen and oxygen atoms in total. The lowest BCUT2D eigenvalue weighted by molar-refractivity contribution is -0.144. The molecule has 10 rings (SSSR count). The molecule has 0 spiro atoms. The molecular formula is C71H94ClF3N12O18S2. The third-order valence-electron chi connectivity index (χ3n) is 19.5. The number of benzene rings is 2. The summed E-state index contributed by atoms with van der Waals surface area (Å²) in [7, 11) is -5.24. The molecule has 8 amide bonds. The summed E-state index contributed by atoms with van der Waals surface area (Å²) in [6.07, 6.45) is -4.87. The number of likely N-dealkylation sites (tertiary alicyclic amines) is 2. The number of ether oxygens (including phenoxy) is 6. The maximum atomic E-state index is 14.4. The second kappa shape index (κ2) is 29.3. The predicted octanol–water partition coefficient (Wildman–Crippen LogP) is 7.64. The van der Waals surface area contributed by atoms with Gasteiger partial charge in [-0.1, -0.05) is 65.3 Å². The van der Waals surface area contributed by atoms with Crippen molar-refractivity contribution in [3.8, 4) is 23.3 Å². The van der Waals surface area contributed by atoms with Crippen LogP contribution in [-0.4, -0.2) is 190 Å². The smallest absolute Gasteiger partial charge is 0.438 e. The van der Waals surface area contributed by atoms with Gasteiger partial charge in [0.15, 0.2) is 5.15 Å². The minimum Gasteiger partial charge on any atom is -0.497 e. The third kappa shape index (κ3) is 18.3. The first-order valence-electron chi connectivity index (χ1n) is 34.7. The van der Waals surface area contributed by atoms with Crippen LogP contribution in [0.5, 0.6) is 23.3 Å². The zero-order valence-corrected chi connectivity index (χ0v) is 65.0. The number of amides is 8. The van der Waals surface area contributed by atoms with Crippen molar-refractivity contribution in [1.29, 1.82) is 0 Å². The van der Waals surface area contributed by atoms with E-state index in [4.69, 9.17) is 40.0 Å². The molecule has 6 N–H and O–H groups in total. The number of aromatic nitrogens is 4. The number of hydrogen-bond acceptors (Lipinski definition) is 22. The molecule has 4 heterocycles. The van der Waals surface area contributed by atoms with Crippen LogP contribution < -0.4 is 49.7 Å². The van der Waals surface area contributed by atoms with Crippen LogP contribution >= 0.6 is 11.6 Å². The van der Waals surface area contributed by atoms with E-state index in [1.807, 2.05) is 0 Å². The number of carbonyl (C=O) groups excluding carboxylic acids is 8. The first-order valence-corrected chi connectivity index (χ1v) is 38.0. The molecule has 4 saturated carbocycles. The lowest BCUT2D eigenvalue weighted by Crippen LogP contribution is -2.60. The molecule has 2 saturated heterocycles. The molecule has 36 heteroatoms. The van der Waals surface area contributed by atoms with Crippen LogP contribution in [0, 0.1) is 22.7 Å². The quantitative estimate of drug-likeness (QED) is 0.0411. The molecule has 2 aromatic carbocycles. The molecule has 10 atom stereocenters. The minimum absolute atomic E-state index is 0.00317. The third-order valence-corrected chi connectivity index (χ3v) is 24.0. The van der Waals surface area contributed by atoms with E-state index >= 15 is 0 Å². The Morgan fingerprint density at radius 1 is 0.570 bits per heavy atom. The second-order valence-electron chi connectivity index (χ2n) is 32.5. The van der Waals surface area contributed by atoms with Crippen molar-refractivity contribution in [2.24, 2.45) is 22.7 Å². The van der Waals surface area contributed by atoms with Crippen molar-refractivity contribution in [2.75, 3.05) is 27.3 Å². The summed E-state index contributed by atoms with van der Waals surface area (Å²) in [6, 6.07) is 3.97. The Morgan fingerprint density at radius 3 is 1.26 bits per heavy atom. The van der Waals surface area contributed by atoms with E-state index in [1.54, 1.807) is 108 Å². The number of methoxy groups -OCH3 is 2. The standard InChI is InChI=1S/C36H47F3N6O9S.C35H47ClN6O9S/c1-10-19-17-35(19,30(48)44-55(50,51)34(8)13-14-34)43-27(46)24-16-21(18-45(24)29(47)26(32(2,3)4)42-31(49)54-33(5,6)7)53-28-25(36(37,38)39)40-22-12-11-20(52-9)15-23(22)41-28;1-10-19-17-35(19,30(45)41-52(47,48)34(8)13-14-34)40-27(43)24-16-21(50-28-26(36)37-22-12-11-20(49-9)15-23(22)38-28)18-42(24)29(44)25(32(2,3)4)39-31(46)51-33(5,6)7/h10-12,15,19,21,24,26H,1,13-14,16-18H2,2-9H3,(H,42,49)(H,43,46)(H,44,48);10-12,15,19,21,24-25H,1,13-14,16-18H2,2-9H3,(H,39,46)(H,40,43)(H,41,45)/t19-,21-,24+,26-,35-;19-,21-,24+,25-,35-/m11/s1. The molecule has 2 aromatic heterocycles. The Kier molecular flexibility index (Phi) is 22.5. The van der Waals surface area contributed by atoms with Gasteiger partial charge in [0, 0.05) is 36.8 Å². The summed E-state index contributed by atoms with van der Waals surface area (Å²) in [5, 5.41) is 10.6. The Labute approximate surface area is 624 Å². The number of alkyl carbamates (subject to hydrolysis) is 2. The van der Waals surface area contributed by atoms with Crippen molar-refractivity contribution in [2.45, 2.75) is 223 Å². The van der Waals surface area contributed by atoms with E-state index in [2.05, 4.69) is 63.8 Å². The monoisotopic (exact) mass is 1560 g/mol. The highest BCUT2D eigenvalue weighted by molar-refractivity contribution is 7.92. The fourth-order valence-corrected chi connectivity index (χ4v) is 15.2. The molecule has 0 unspecified atom stereocenters. The van der Waals surface area contributed by atoms with E-state index in [0.29, 0.717) is 48.2 Å². The van der Waals surface area contributed by atoms with Gasteiger partial charge in [0.2, 0.25) is 55.2 Å². The minimum atomic E-state index is -5.01. The lowest BCUT2D eigenvalue weighted by atomic mass is 9.85. The predicted molar refractivity (Wildman–Crippen MR) is 384 cm³/mol. The number of nitrogens with zero attached hydrogens (tertiary/aromatic N) is 6. The zero-order valence-electron chi connectivity index (χ0n) is 62.6. The lowest BCUT2D eigenvalue weighted by Gasteiger charge is -2.36. The number of rotatable bonds is 22. The summed E-state index contributed by atoms with van der Waals surface area (Å²) in [4.78, 5) is 129. The van der Waals surface area contributed by atoms with Gasteiger partial charge in [-0.2, -0.15) is 13.2 Å². The van der Waals surface area contributed by atoms with E-state index in [1.165, 1.54) is 56.4 Å². The van der Waals surface area contributed by atoms with Crippen molar-refractivity contribution < 1.29 is 96.8 Å². The SMILES string of the molecule is C=C[C@@H]1C[C@]1(NC(=O)[C@@H]1C[C@@H](Oc2nc3cc(OC)ccc3nc2C(F)(F)F)CN1C(=O)[C@@H](NC(=O)OC(C)(C)C)C(C)(C)C)C(=O)NS(=O)(=O)C1(C)CC1.C=C[C@@H]1C[C@]1(NC(=O)[C@@H]1C[C@@H](Oc2nc3cc(OC)ccc3nc2Cl)CN1C(=O)[C@@H](NC(=O)OC(C)(C)C)C(C)(C)C)C(=O)NS(=O)(=O)C1(C)CC1. The summed E-state index contributed by atoms with van der Waals surface area (Å²) >= 11 is 6.47. The number of nitrogens with one attached hydrogen (secondary N) is 6. The van der Waals surface area contributed by atoms with E-state index in [0.717, 1.165) is 4.90 Å². The Hall–Kier alpha value is -8.86. The van der Waals surface area contributed by atoms with Crippen LogP contribution in [0.3, 0.4) is 0 Å². The highest BCUT2D eigenvalue weighted by atomic mass is 35.5. The van der Waals surface area contributed by atoms with Gasteiger partial charge in [-0.15, -0.1) is 13.2 Å². The van der Waals surface area contributed by atoms with Crippen LogP contribution in [0.15, 0.2) is 61.7 Å². The number of sulfonamides is 2. The Balaban J connectivity index is 0.000000248. The van der Waals surface area contributed by atoms with Crippen molar-refractivity contribution in [3.05, 3.63) is 72.6 Å². The molecule has 6 aliphatic rings. The Morgan fingerprint density at radius 2 is 0.935 bits per heavy atom. The number of carbonyl (C=O) groups is 8. The summed E-state index contributed by atoms with van der Waals surface area (Å²) < 4.78 is 130. The summed E-state index contributed by atoms with van der Waals surface area (Å²) in [5.74, 6) is -6.26. The molecule has 107 heavy (non-hydrogen) atoms. The molecule has 2 aliphatic heterocycles. The number of hydrogen-bond donors (Lipinski definition) is 6. The van der Waals surface area contributed by atoms with Gasteiger partial charge in [0.25, 0.3) is 17.7 Å². The van der Waals surface area contributed by atoms with E-state index < -0.39 is 183 Å². The Bertz CT molecular complexity index is 4480. The molecule has 0 bridgehead atoms. The number of fused-ring (bicyclic) bond motifs is 2. The summed E-state index contributed by atoms with van der Waals surface area (Å²) in [6.45, 7) is 30.1. The number of halogens is 4. The van der Waals surface area contributed by atoms with Gasteiger partial charge in [0.1, 0.15) is 70.2 Å². The largest absolute Gasteiger partial charge is 0.497 e. The van der Waals surface area contributed by atoms with Gasteiger partial charge < -0.3 is 59.5 Å².